The molecule has 1 atom stereocenters. The van der Waals surface area contributed by atoms with Crippen LogP contribution in [-0.2, 0) is 20.0 Å². The molecule has 0 radical (unpaired) electrons. The van der Waals surface area contributed by atoms with E-state index in [0.717, 1.165) is 23.5 Å². The van der Waals surface area contributed by atoms with E-state index < -0.39 is 13.4 Å². The molecule has 0 amide bonds. The quantitative estimate of drug-likeness (QED) is 0.531. The summed E-state index contributed by atoms with van der Waals surface area (Å²) in [6.45, 7) is 3.95. The lowest BCUT2D eigenvalue weighted by Gasteiger charge is -2.22. The number of hydrogen-bond donors (Lipinski definition) is 1. The molecule has 0 unspecified atom stereocenters. The van der Waals surface area contributed by atoms with Crippen LogP contribution < -0.4 is 4.74 Å². The second kappa shape index (κ2) is 10.5. The third kappa shape index (κ3) is 6.26. The number of para-hydroxylation sites is 1. The molecule has 0 saturated carbocycles. The Hall–Kier alpha value is -1.65. The van der Waals surface area contributed by atoms with E-state index in [4.69, 9.17) is 13.8 Å². The molecule has 1 N–H and O–H groups in total. The molecule has 2 rings (SSSR count). The van der Waals surface area contributed by atoms with Gasteiger partial charge in [-0.1, -0.05) is 30.3 Å². The molecule has 0 spiro atoms. The highest BCUT2D eigenvalue weighted by Crippen LogP contribution is 2.53. The maximum atomic E-state index is 12.5. The van der Waals surface area contributed by atoms with Crippen molar-refractivity contribution >= 4 is 7.60 Å². The SMILES string of the molecule is CCOP(=O)(OCC)[C@@H](O)CCCc1cccc(Oc2ccccc2)c1. The van der Waals surface area contributed by atoms with Crippen molar-refractivity contribution in [2.24, 2.45) is 0 Å². The van der Waals surface area contributed by atoms with Crippen LogP contribution >= 0.6 is 7.60 Å². The largest absolute Gasteiger partial charge is 0.457 e. The topological polar surface area (TPSA) is 65.0 Å². The Bertz CT molecular complexity index is 694. The van der Waals surface area contributed by atoms with E-state index in [1.807, 2.05) is 54.6 Å². The van der Waals surface area contributed by atoms with Crippen molar-refractivity contribution in [1.29, 1.82) is 0 Å². The first kappa shape index (κ1) is 20.7. The molecule has 0 saturated heterocycles. The van der Waals surface area contributed by atoms with E-state index in [-0.39, 0.29) is 13.2 Å². The van der Waals surface area contributed by atoms with Gasteiger partial charge < -0.3 is 18.9 Å². The third-order valence-electron chi connectivity index (χ3n) is 3.79. The molecule has 0 heterocycles. The van der Waals surface area contributed by atoms with E-state index in [9.17, 15) is 9.67 Å². The first-order chi connectivity index (χ1) is 12.6. The minimum atomic E-state index is -3.46. The molecule has 142 valence electrons. The average Bonchev–Trinajstić information content (AvgIpc) is 2.63. The lowest BCUT2D eigenvalue weighted by Crippen LogP contribution is -2.13. The highest BCUT2D eigenvalue weighted by atomic mass is 31.2. The number of aryl methyl sites for hydroxylation is 1. The first-order valence-electron chi connectivity index (χ1n) is 8.96. The van der Waals surface area contributed by atoms with Crippen LogP contribution in [0.15, 0.2) is 54.6 Å². The molecule has 0 aliphatic rings. The van der Waals surface area contributed by atoms with Crippen LogP contribution in [-0.4, -0.2) is 24.2 Å². The van der Waals surface area contributed by atoms with Crippen molar-refractivity contribution in [2.45, 2.75) is 39.0 Å². The Kier molecular flexibility index (Phi) is 8.33. The standard InChI is InChI=1S/C20H27O5P/c1-3-23-26(22,24-4-2)20(21)15-9-11-17-10-8-14-19(16-17)25-18-12-6-5-7-13-18/h5-8,10,12-14,16,20-21H,3-4,9,11,15H2,1-2H3/t20-/m1/s1. The van der Waals surface area contributed by atoms with Gasteiger partial charge in [0.05, 0.1) is 13.2 Å². The predicted octanol–water partition coefficient (Wildman–Crippen LogP) is 5.39. The van der Waals surface area contributed by atoms with Crippen LogP contribution in [0.4, 0.5) is 0 Å². The minimum absolute atomic E-state index is 0.243. The van der Waals surface area contributed by atoms with E-state index in [1.54, 1.807) is 13.8 Å². The van der Waals surface area contributed by atoms with Crippen molar-refractivity contribution in [3.63, 3.8) is 0 Å². The summed E-state index contributed by atoms with van der Waals surface area (Å²) in [6.07, 6.45) is 1.75. The number of aliphatic hydroxyl groups excluding tert-OH is 1. The van der Waals surface area contributed by atoms with Crippen molar-refractivity contribution in [1.82, 2.24) is 0 Å². The van der Waals surface area contributed by atoms with Gasteiger partial charge >= 0.3 is 7.60 Å². The van der Waals surface area contributed by atoms with Gasteiger partial charge in [-0.05, 0) is 62.9 Å². The van der Waals surface area contributed by atoms with Gasteiger partial charge in [-0.2, -0.15) is 0 Å². The molecule has 2 aromatic rings. The predicted molar refractivity (Wildman–Crippen MR) is 103 cm³/mol. The number of ether oxygens (including phenoxy) is 1. The molecule has 0 aromatic heterocycles. The second-order valence-corrected chi connectivity index (χ2v) is 8.00. The van der Waals surface area contributed by atoms with Crippen LogP contribution in [0.25, 0.3) is 0 Å². The smallest absolute Gasteiger partial charge is 0.358 e. The zero-order chi connectivity index (χ0) is 18.8. The maximum absolute atomic E-state index is 12.5. The Morgan fingerprint density at radius 1 is 0.962 bits per heavy atom. The van der Waals surface area contributed by atoms with Crippen LogP contribution in [0.2, 0.25) is 0 Å². The zero-order valence-electron chi connectivity index (χ0n) is 15.3. The van der Waals surface area contributed by atoms with Crippen molar-refractivity contribution in [3.8, 4) is 11.5 Å². The van der Waals surface area contributed by atoms with Crippen LogP contribution in [0, 0.1) is 0 Å². The number of aliphatic hydroxyl groups is 1. The zero-order valence-corrected chi connectivity index (χ0v) is 16.2. The fourth-order valence-electron chi connectivity index (χ4n) is 2.61. The summed E-state index contributed by atoms with van der Waals surface area (Å²) in [7, 11) is -3.46. The Labute approximate surface area is 155 Å². The van der Waals surface area contributed by atoms with Gasteiger partial charge in [0.1, 0.15) is 11.5 Å². The van der Waals surface area contributed by atoms with Crippen molar-refractivity contribution in [3.05, 3.63) is 60.2 Å². The van der Waals surface area contributed by atoms with E-state index in [1.165, 1.54) is 0 Å². The Morgan fingerprint density at radius 3 is 2.27 bits per heavy atom. The number of benzene rings is 2. The first-order valence-corrected chi connectivity index (χ1v) is 10.6. The molecule has 0 fully saturated rings. The summed E-state index contributed by atoms with van der Waals surface area (Å²) >= 11 is 0. The Balaban J connectivity index is 1.89. The van der Waals surface area contributed by atoms with Gasteiger partial charge in [-0.3, -0.25) is 4.57 Å². The highest BCUT2D eigenvalue weighted by Gasteiger charge is 2.33. The maximum Gasteiger partial charge on any atom is 0.358 e. The molecule has 2 aromatic carbocycles. The van der Waals surface area contributed by atoms with Gasteiger partial charge in [0.15, 0.2) is 5.85 Å². The molecule has 0 aliphatic heterocycles. The van der Waals surface area contributed by atoms with Gasteiger partial charge in [0.25, 0.3) is 0 Å². The average molecular weight is 378 g/mol. The normalized spacial score (nSPS) is 12.7. The van der Waals surface area contributed by atoms with Crippen molar-refractivity contribution in [2.75, 3.05) is 13.2 Å². The third-order valence-corrected chi connectivity index (χ3v) is 6.01. The fraction of sp³-hybridized carbons (Fsp3) is 0.400. The molecule has 5 nitrogen and oxygen atoms in total. The molecule has 6 heteroatoms. The molecule has 0 bridgehead atoms. The van der Waals surface area contributed by atoms with E-state index >= 15 is 0 Å². The van der Waals surface area contributed by atoms with Crippen LogP contribution in [0.1, 0.15) is 32.3 Å². The summed E-state index contributed by atoms with van der Waals surface area (Å²) in [4.78, 5) is 0. The second-order valence-electron chi connectivity index (χ2n) is 5.81. The van der Waals surface area contributed by atoms with E-state index in [0.29, 0.717) is 12.8 Å². The number of rotatable bonds is 11. The molecule has 26 heavy (non-hydrogen) atoms. The summed E-state index contributed by atoms with van der Waals surface area (Å²) in [6, 6.07) is 17.4. The Morgan fingerprint density at radius 2 is 1.62 bits per heavy atom. The molecule has 0 aliphatic carbocycles. The summed E-state index contributed by atoms with van der Waals surface area (Å²) in [5, 5.41) is 10.2. The molecular weight excluding hydrogens is 351 g/mol. The van der Waals surface area contributed by atoms with Crippen molar-refractivity contribution < 1.29 is 23.5 Å². The summed E-state index contributed by atoms with van der Waals surface area (Å²) in [5.41, 5.74) is 1.09. The lowest BCUT2D eigenvalue weighted by molar-refractivity contribution is 0.143. The van der Waals surface area contributed by atoms with Crippen LogP contribution in [0.5, 0.6) is 11.5 Å². The minimum Gasteiger partial charge on any atom is -0.457 e. The fourth-order valence-corrected chi connectivity index (χ4v) is 4.24. The van der Waals surface area contributed by atoms with E-state index in [2.05, 4.69) is 0 Å². The lowest BCUT2D eigenvalue weighted by atomic mass is 10.1. The highest BCUT2D eigenvalue weighted by molar-refractivity contribution is 7.54. The van der Waals surface area contributed by atoms with Gasteiger partial charge in [0, 0.05) is 0 Å². The summed E-state index contributed by atoms with van der Waals surface area (Å²) < 4.78 is 28.7. The summed E-state index contributed by atoms with van der Waals surface area (Å²) in [5.74, 6) is 0.448. The van der Waals surface area contributed by atoms with Crippen LogP contribution in [0.3, 0.4) is 0 Å². The van der Waals surface area contributed by atoms with Gasteiger partial charge in [-0.15, -0.1) is 0 Å². The molecular formula is C20H27O5P. The number of hydrogen-bond acceptors (Lipinski definition) is 5. The monoisotopic (exact) mass is 378 g/mol. The van der Waals surface area contributed by atoms with Gasteiger partial charge in [0.2, 0.25) is 0 Å². The van der Waals surface area contributed by atoms with Gasteiger partial charge in [-0.25, -0.2) is 0 Å².